The molecule has 0 bridgehead atoms. The van der Waals surface area contributed by atoms with Crippen molar-refractivity contribution in [2.75, 3.05) is 0 Å². The van der Waals surface area contributed by atoms with E-state index in [1.54, 1.807) is 18.2 Å². The molecule has 0 aliphatic rings. The van der Waals surface area contributed by atoms with Crippen LogP contribution in [0, 0.1) is 11.3 Å². The van der Waals surface area contributed by atoms with Crippen molar-refractivity contribution in [3.8, 4) is 6.07 Å². The van der Waals surface area contributed by atoms with E-state index in [-0.39, 0.29) is 4.90 Å². The second-order valence-corrected chi connectivity index (χ2v) is 5.34. The fourth-order valence-electron chi connectivity index (χ4n) is 1.02. The lowest BCUT2D eigenvalue weighted by Crippen LogP contribution is -2.41. The van der Waals surface area contributed by atoms with Crippen LogP contribution in [0.4, 0.5) is 0 Å². The van der Waals surface area contributed by atoms with Crippen LogP contribution >= 0.6 is 0 Å². The van der Waals surface area contributed by atoms with Crippen molar-refractivity contribution in [2.24, 2.45) is 0 Å². The topological polar surface area (TPSA) is 70.0 Å². The molecule has 0 spiro atoms. The molecule has 0 radical (unpaired) electrons. The summed E-state index contributed by atoms with van der Waals surface area (Å²) in [6, 6.07) is 9.84. The highest BCUT2D eigenvalue weighted by molar-refractivity contribution is 7.89. The molecule has 0 saturated heterocycles. The first-order chi connectivity index (χ1) is 6.87. The van der Waals surface area contributed by atoms with Crippen LogP contribution in [0.5, 0.6) is 0 Å². The molecular formula is C10H12N2O2S. The third-order valence-corrected chi connectivity index (χ3v) is 3.39. The Hall–Kier alpha value is -1.38. The molecular weight excluding hydrogens is 212 g/mol. The highest BCUT2D eigenvalue weighted by Gasteiger charge is 2.25. The molecule has 0 aromatic heterocycles. The van der Waals surface area contributed by atoms with Crippen LogP contribution < -0.4 is 4.72 Å². The number of sulfonamides is 1. The van der Waals surface area contributed by atoms with E-state index in [2.05, 4.69) is 4.72 Å². The lowest BCUT2D eigenvalue weighted by molar-refractivity contribution is 0.535. The van der Waals surface area contributed by atoms with Gasteiger partial charge in [-0.2, -0.15) is 9.98 Å². The molecule has 0 aliphatic heterocycles. The standard InChI is InChI=1S/C10H12N2O2S/c1-10(2,8-11)12-15(13,14)9-6-4-3-5-7-9/h3-7,12H,1-2H3. The van der Waals surface area contributed by atoms with Gasteiger partial charge in [-0.15, -0.1) is 0 Å². The average Bonchev–Trinajstić information content (AvgIpc) is 2.18. The Kier molecular flexibility index (Phi) is 3.12. The van der Waals surface area contributed by atoms with Crippen LogP contribution in [0.3, 0.4) is 0 Å². The maximum atomic E-state index is 11.7. The van der Waals surface area contributed by atoms with E-state index < -0.39 is 15.6 Å². The molecule has 80 valence electrons. The number of nitrogens with one attached hydrogen (secondary N) is 1. The van der Waals surface area contributed by atoms with Crippen LogP contribution in [-0.2, 0) is 10.0 Å². The predicted octanol–water partition coefficient (Wildman–Crippen LogP) is 1.27. The second kappa shape index (κ2) is 4.01. The summed E-state index contributed by atoms with van der Waals surface area (Å²) in [5, 5.41) is 8.73. The molecule has 0 aliphatic carbocycles. The van der Waals surface area contributed by atoms with E-state index in [0.717, 1.165) is 0 Å². The smallest absolute Gasteiger partial charge is 0.207 e. The number of hydrogen-bond donors (Lipinski definition) is 1. The van der Waals surface area contributed by atoms with E-state index in [1.807, 2.05) is 6.07 Å². The van der Waals surface area contributed by atoms with Crippen molar-refractivity contribution in [1.29, 1.82) is 5.26 Å². The van der Waals surface area contributed by atoms with E-state index in [0.29, 0.717) is 0 Å². The number of benzene rings is 1. The summed E-state index contributed by atoms with van der Waals surface area (Å²) in [6.45, 7) is 3.01. The Morgan fingerprint density at radius 2 is 1.80 bits per heavy atom. The van der Waals surface area contributed by atoms with E-state index >= 15 is 0 Å². The summed E-state index contributed by atoms with van der Waals surface area (Å²) in [6.07, 6.45) is 0. The minimum Gasteiger partial charge on any atom is -0.207 e. The zero-order chi connectivity index (χ0) is 11.5. The fraction of sp³-hybridized carbons (Fsp3) is 0.300. The van der Waals surface area contributed by atoms with Gasteiger partial charge in [0.25, 0.3) is 0 Å². The summed E-state index contributed by atoms with van der Waals surface area (Å²) < 4.78 is 25.8. The highest BCUT2D eigenvalue weighted by Crippen LogP contribution is 2.11. The molecule has 1 aromatic carbocycles. The molecule has 0 fully saturated rings. The first-order valence-corrected chi connectivity index (χ1v) is 5.86. The van der Waals surface area contributed by atoms with Gasteiger partial charge >= 0.3 is 0 Å². The van der Waals surface area contributed by atoms with Gasteiger partial charge < -0.3 is 0 Å². The summed E-state index contributed by atoms with van der Waals surface area (Å²) in [5.41, 5.74) is -1.10. The molecule has 0 saturated carbocycles. The lowest BCUT2D eigenvalue weighted by Gasteiger charge is -2.17. The minimum atomic E-state index is -3.60. The van der Waals surface area contributed by atoms with Crippen molar-refractivity contribution in [3.63, 3.8) is 0 Å². The molecule has 1 aromatic rings. The minimum absolute atomic E-state index is 0.160. The van der Waals surface area contributed by atoms with Crippen LogP contribution in [0.25, 0.3) is 0 Å². The summed E-state index contributed by atoms with van der Waals surface area (Å²) in [7, 11) is -3.60. The molecule has 15 heavy (non-hydrogen) atoms. The Bertz CT molecular complexity index is 472. The number of hydrogen-bond acceptors (Lipinski definition) is 3. The number of rotatable bonds is 3. The predicted molar refractivity (Wildman–Crippen MR) is 56.5 cm³/mol. The maximum Gasteiger partial charge on any atom is 0.241 e. The second-order valence-electron chi connectivity index (χ2n) is 3.66. The Morgan fingerprint density at radius 1 is 1.27 bits per heavy atom. The molecule has 5 heteroatoms. The Balaban J connectivity index is 3.03. The van der Waals surface area contributed by atoms with Crippen molar-refractivity contribution in [2.45, 2.75) is 24.3 Å². The van der Waals surface area contributed by atoms with Crippen LogP contribution in [0.1, 0.15) is 13.8 Å². The van der Waals surface area contributed by atoms with Crippen molar-refractivity contribution >= 4 is 10.0 Å². The van der Waals surface area contributed by atoms with Gasteiger partial charge in [-0.1, -0.05) is 18.2 Å². The first-order valence-electron chi connectivity index (χ1n) is 4.38. The van der Waals surface area contributed by atoms with Crippen molar-refractivity contribution in [1.82, 2.24) is 4.72 Å². The largest absolute Gasteiger partial charge is 0.241 e. The number of nitrogens with zero attached hydrogens (tertiary/aromatic N) is 1. The average molecular weight is 224 g/mol. The van der Waals surface area contributed by atoms with Gasteiger partial charge in [0.05, 0.1) is 11.0 Å². The van der Waals surface area contributed by atoms with Crippen LogP contribution in [0.15, 0.2) is 35.2 Å². The number of nitriles is 1. The molecule has 0 atom stereocenters. The quantitative estimate of drug-likeness (QED) is 0.840. The maximum absolute atomic E-state index is 11.7. The zero-order valence-electron chi connectivity index (χ0n) is 8.56. The normalized spacial score (nSPS) is 12.1. The third-order valence-electron chi connectivity index (χ3n) is 1.72. The van der Waals surface area contributed by atoms with Gasteiger partial charge in [-0.3, -0.25) is 0 Å². The highest BCUT2D eigenvalue weighted by atomic mass is 32.2. The molecule has 0 amide bonds. The van der Waals surface area contributed by atoms with Gasteiger partial charge in [0, 0.05) is 0 Å². The van der Waals surface area contributed by atoms with E-state index in [9.17, 15) is 8.42 Å². The van der Waals surface area contributed by atoms with Crippen molar-refractivity contribution < 1.29 is 8.42 Å². The summed E-state index contributed by atoms with van der Waals surface area (Å²) in [4.78, 5) is 0.160. The monoisotopic (exact) mass is 224 g/mol. The molecule has 1 N–H and O–H groups in total. The molecule has 0 unspecified atom stereocenters. The van der Waals surface area contributed by atoms with Crippen molar-refractivity contribution in [3.05, 3.63) is 30.3 Å². The molecule has 0 heterocycles. The van der Waals surface area contributed by atoms with Gasteiger partial charge in [-0.25, -0.2) is 8.42 Å². The van der Waals surface area contributed by atoms with Gasteiger partial charge in [0.2, 0.25) is 10.0 Å². The Labute approximate surface area is 89.6 Å². The zero-order valence-corrected chi connectivity index (χ0v) is 9.38. The fourth-order valence-corrected chi connectivity index (χ4v) is 2.37. The van der Waals surface area contributed by atoms with Gasteiger partial charge in [-0.05, 0) is 26.0 Å². The summed E-state index contributed by atoms with van der Waals surface area (Å²) >= 11 is 0. The molecule has 1 rings (SSSR count). The molecule has 4 nitrogen and oxygen atoms in total. The van der Waals surface area contributed by atoms with Crippen LogP contribution in [0.2, 0.25) is 0 Å². The van der Waals surface area contributed by atoms with Crippen LogP contribution in [-0.4, -0.2) is 14.0 Å². The lowest BCUT2D eigenvalue weighted by atomic mass is 10.1. The third kappa shape index (κ3) is 3.05. The Morgan fingerprint density at radius 3 is 2.27 bits per heavy atom. The van der Waals surface area contributed by atoms with E-state index in [4.69, 9.17) is 5.26 Å². The van der Waals surface area contributed by atoms with E-state index in [1.165, 1.54) is 26.0 Å². The van der Waals surface area contributed by atoms with Gasteiger partial charge in [0.15, 0.2) is 0 Å². The van der Waals surface area contributed by atoms with Gasteiger partial charge in [0.1, 0.15) is 5.54 Å². The SMILES string of the molecule is CC(C)(C#N)NS(=O)(=O)c1ccccc1. The first kappa shape index (κ1) is 11.7. The summed E-state index contributed by atoms with van der Waals surface area (Å²) in [5.74, 6) is 0.